The molecule has 1 unspecified atom stereocenters. The summed E-state index contributed by atoms with van der Waals surface area (Å²) in [5, 5.41) is 18.3. The number of aliphatic imine (C=N–C) groups is 1. The van der Waals surface area contributed by atoms with Crippen LogP contribution in [0.5, 0.6) is 0 Å². The Balaban J connectivity index is 0.00000462. The minimum Gasteiger partial charge on any atom is -0.625 e. The number of carboxylic acids is 1. The van der Waals surface area contributed by atoms with Gasteiger partial charge >= 0.3 is 22.5 Å². The molecule has 1 aliphatic heterocycles. The van der Waals surface area contributed by atoms with Crippen molar-refractivity contribution in [2.45, 2.75) is 50.7 Å². The topological polar surface area (TPSA) is 133 Å². The van der Waals surface area contributed by atoms with Gasteiger partial charge in [-0.05, 0) is 55.8 Å². The van der Waals surface area contributed by atoms with Gasteiger partial charge in [0.05, 0.1) is 17.7 Å². The molecule has 4 rings (SSSR count). The van der Waals surface area contributed by atoms with Gasteiger partial charge in [0, 0.05) is 23.6 Å². The van der Waals surface area contributed by atoms with E-state index in [9.17, 15) is 14.7 Å². The Bertz CT molecular complexity index is 1400. The molecule has 0 aromatic heterocycles. The monoisotopic (exact) mass is 595 g/mol. The largest absolute Gasteiger partial charge is 2.00 e. The fourth-order valence-corrected chi connectivity index (χ4v) is 4.95. The van der Waals surface area contributed by atoms with E-state index in [1.165, 1.54) is 0 Å². The molecule has 3 aromatic carbocycles. The molecule has 214 valence electrons. The third-order valence-electron chi connectivity index (χ3n) is 7.12. The molecule has 1 N–H and O–H groups in total. The van der Waals surface area contributed by atoms with Crippen LogP contribution in [0.4, 0.5) is 5.69 Å². The maximum Gasteiger partial charge on any atom is 2.00 e. The Hall–Kier alpha value is -3.97. The number of hydrogen-bond acceptors (Lipinski definition) is 5. The van der Waals surface area contributed by atoms with Crippen LogP contribution in [-0.2, 0) is 32.6 Å². The number of carboxylic acid groups (broad SMARTS) is 1. The van der Waals surface area contributed by atoms with Gasteiger partial charge in [-0.25, -0.2) is 4.79 Å². The second kappa shape index (κ2) is 15.1. The first kappa shape index (κ1) is 31.6. The number of para-hydroxylation sites is 1. The molecule has 1 saturated heterocycles. The average molecular weight is 596 g/mol. The van der Waals surface area contributed by atoms with E-state index >= 15 is 0 Å². The van der Waals surface area contributed by atoms with Gasteiger partial charge in [0.15, 0.2) is 5.54 Å². The van der Waals surface area contributed by atoms with Crippen LogP contribution in [0.3, 0.4) is 0 Å². The second-order valence-electron chi connectivity index (χ2n) is 10.0. The summed E-state index contributed by atoms with van der Waals surface area (Å²) in [6.07, 6.45) is 2.19. The molecule has 10 heteroatoms. The predicted octanol–water partition coefficient (Wildman–Crippen LogP) is 6.65. The summed E-state index contributed by atoms with van der Waals surface area (Å²) in [4.78, 5) is 35.7. The molecule has 41 heavy (non-hydrogen) atoms. The summed E-state index contributed by atoms with van der Waals surface area (Å²) < 4.78 is 0. The molecule has 1 fully saturated rings. The number of azide groups is 1. The van der Waals surface area contributed by atoms with Gasteiger partial charge in [0.2, 0.25) is 0 Å². The first-order valence-electron chi connectivity index (χ1n) is 13.4. The van der Waals surface area contributed by atoms with Crippen LogP contribution < -0.4 is 0 Å². The van der Waals surface area contributed by atoms with Crippen molar-refractivity contribution in [1.82, 2.24) is 4.90 Å². The SMILES string of the molecule is C[C@@](CCCN=[N+]=[N-])(N=C(c1ccccc1)c1ccccc1[N-]C(=O)C1CCCN1Cc1ccccc1)C(=O)O.[Ni+2]. The minimum absolute atomic E-state index is 0. The first-order valence-corrected chi connectivity index (χ1v) is 13.4. The van der Waals surface area contributed by atoms with Crippen molar-refractivity contribution in [2.24, 2.45) is 10.1 Å². The Morgan fingerprint density at radius 2 is 1.71 bits per heavy atom. The van der Waals surface area contributed by atoms with E-state index in [1.54, 1.807) is 13.0 Å². The molecule has 3 aromatic rings. The average Bonchev–Trinajstić information content (AvgIpc) is 3.44. The fraction of sp³-hybridized carbons (Fsp3) is 0.323. The normalized spacial score (nSPS) is 16.6. The molecular formula is C31H33N6NiO3+. The predicted molar refractivity (Wildman–Crippen MR) is 156 cm³/mol. The van der Waals surface area contributed by atoms with Crippen LogP contribution in [0.1, 0.15) is 49.3 Å². The molecule has 0 aliphatic carbocycles. The molecule has 1 aliphatic rings. The van der Waals surface area contributed by atoms with Crippen LogP contribution in [0.2, 0.25) is 0 Å². The zero-order chi connectivity index (χ0) is 28.4. The van der Waals surface area contributed by atoms with Crippen LogP contribution in [0, 0.1) is 0 Å². The zero-order valence-electron chi connectivity index (χ0n) is 22.9. The Morgan fingerprint density at radius 3 is 2.39 bits per heavy atom. The molecule has 9 nitrogen and oxygen atoms in total. The Kier molecular flexibility index (Phi) is 11.7. The molecule has 0 radical (unpaired) electrons. The van der Waals surface area contributed by atoms with Gasteiger partial charge < -0.3 is 15.2 Å². The molecule has 0 spiro atoms. The van der Waals surface area contributed by atoms with Crippen molar-refractivity contribution >= 4 is 23.3 Å². The van der Waals surface area contributed by atoms with Gasteiger partial charge in [0.25, 0.3) is 0 Å². The van der Waals surface area contributed by atoms with Crippen molar-refractivity contribution in [2.75, 3.05) is 13.1 Å². The van der Waals surface area contributed by atoms with E-state index in [0.29, 0.717) is 35.5 Å². The number of benzene rings is 3. The van der Waals surface area contributed by atoms with E-state index in [0.717, 1.165) is 24.9 Å². The summed E-state index contributed by atoms with van der Waals surface area (Å²) in [6, 6.07) is 26.3. The number of carbonyl (C=O) groups is 2. The summed E-state index contributed by atoms with van der Waals surface area (Å²) in [7, 11) is 0. The molecule has 0 bridgehead atoms. The number of aliphatic carboxylic acids is 1. The number of rotatable bonds is 12. The maximum absolute atomic E-state index is 13.5. The van der Waals surface area contributed by atoms with Crippen LogP contribution in [0.15, 0.2) is 95.0 Å². The van der Waals surface area contributed by atoms with Crippen molar-refractivity contribution in [3.63, 3.8) is 0 Å². The standard InChI is InChI=1S/C31H34N6O3.Ni/c1-31(30(39)40,19-11-20-33-36-32)35-28(24-14-6-3-7-15-24)25-16-8-9-17-26(25)34-29(38)27-18-10-21-37(27)22-23-12-4-2-5-13-23;/h2-9,12-17,27H,10-11,18-22H2,1H3,(H2,34,35,38,39,40);/q;+2/p-1/t27?,31-;/m0./s1. The molecule has 1 amide bonds. The van der Waals surface area contributed by atoms with Crippen molar-refractivity contribution in [3.8, 4) is 0 Å². The van der Waals surface area contributed by atoms with Crippen LogP contribution in [0.25, 0.3) is 15.8 Å². The molecule has 2 atom stereocenters. The number of likely N-dealkylation sites (tertiary alicyclic amines) is 1. The van der Waals surface area contributed by atoms with Gasteiger partial charge in [-0.15, -0.1) is 5.69 Å². The second-order valence-corrected chi connectivity index (χ2v) is 10.0. The molecule has 1 heterocycles. The summed E-state index contributed by atoms with van der Waals surface area (Å²) >= 11 is 0. The number of carbonyl (C=O) groups excluding carboxylic acids is 1. The van der Waals surface area contributed by atoms with Gasteiger partial charge in [-0.2, -0.15) is 0 Å². The van der Waals surface area contributed by atoms with Crippen LogP contribution in [-0.4, -0.2) is 52.3 Å². The molecule has 0 saturated carbocycles. The number of nitrogens with zero attached hydrogens (tertiary/aromatic N) is 6. The number of hydrogen-bond donors (Lipinski definition) is 1. The fourth-order valence-electron chi connectivity index (χ4n) is 4.95. The smallest absolute Gasteiger partial charge is 0.625 e. The number of amides is 1. The Morgan fingerprint density at radius 1 is 1.05 bits per heavy atom. The van der Waals surface area contributed by atoms with E-state index in [-0.39, 0.29) is 41.4 Å². The minimum atomic E-state index is -1.48. The third-order valence-corrected chi connectivity index (χ3v) is 7.12. The summed E-state index contributed by atoms with van der Waals surface area (Å²) in [5.74, 6) is -1.31. The third kappa shape index (κ3) is 8.27. The van der Waals surface area contributed by atoms with E-state index in [4.69, 9.17) is 10.5 Å². The van der Waals surface area contributed by atoms with Crippen molar-refractivity contribution < 1.29 is 31.2 Å². The molecular weight excluding hydrogens is 563 g/mol. The van der Waals surface area contributed by atoms with Crippen LogP contribution >= 0.6 is 0 Å². The summed E-state index contributed by atoms with van der Waals surface area (Å²) in [5.41, 5.74) is 10.4. The van der Waals surface area contributed by atoms with E-state index in [1.807, 2.05) is 66.7 Å². The van der Waals surface area contributed by atoms with Gasteiger partial charge in [0.1, 0.15) is 0 Å². The van der Waals surface area contributed by atoms with E-state index in [2.05, 4.69) is 32.4 Å². The van der Waals surface area contributed by atoms with Crippen molar-refractivity contribution in [1.29, 1.82) is 0 Å². The first-order chi connectivity index (χ1) is 19.4. The van der Waals surface area contributed by atoms with E-state index < -0.39 is 11.5 Å². The summed E-state index contributed by atoms with van der Waals surface area (Å²) in [6.45, 7) is 3.24. The van der Waals surface area contributed by atoms with Crippen molar-refractivity contribution in [3.05, 3.63) is 117 Å². The van der Waals surface area contributed by atoms with Gasteiger partial charge in [-0.3, -0.25) is 9.89 Å². The zero-order valence-corrected chi connectivity index (χ0v) is 23.9. The Labute approximate surface area is 250 Å². The maximum atomic E-state index is 13.5. The van der Waals surface area contributed by atoms with Gasteiger partial charge in [-0.1, -0.05) is 90.0 Å². The quantitative estimate of drug-likeness (QED) is 0.0626.